The van der Waals surface area contributed by atoms with E-state index in [-0.39, 0.29) is 5.91 Å². The van der Waals surface area contributed by atoms with E-state index in [1.54, 1.807) is 10.9 Å². The molecule has 0 aliphatic carbocycles. The van der Waals surface area contributed by atoms with Crippen LogP contribution < -0.4 is 5.32 Å². The first-order chi connectivity index (χ1) is 12.2. The molecule has 1 amide bonds. The highest BCUT2D eigenvalue weighted by Gasteiger charge is 2.20. The van der Waals surface area contributed by atoms with Crippen molar-refractivity contribution in [3.05, 3.63) is 60.2 Å². The lowest BCUT2D eigenvalue weighted by atomic mass is 9.97. The van der Waals surface area contributed by atoms with Crippen LogP contribution in [0.3, 0.4) is 0 Å². The molecule has 0 unspecified atom stereocenters. The maximum Gasteiger partial charge on any atom is 0.251 e. The normalized spacial score (nSPS) is 13.2. The van der Waals surface area contributed by atoms with Gasteiger partial charge in [0.2, 0.25) is 0 Å². The number of aryl methyl sites for hydroxylation is 1. The molecule has 0 saturated carbocycles. The summed E-state index contributed by atoms with van der Waals surface area (Å²) in [7, 11) is 1.91. The van der Waals surface area contributed by atoms with Crippen molar-refractivity contribution in [3.8, 4) is 22.3 Å². The molecule has 1 aromatic carbocycles. The molecule has 0 saturated heterocycles. The van der Waals surface area contributed by atoms with Gasteiger partial charge in [-0.25, -0.2) is 4.98 Å². The van der Waals surface area contributed by atoms with Crippen molar-refractivity contribution in [2.75, 3.05) is 0 Å². The van der Waals surface area contributed by atoms with Gasteiger partial charge in [0.05, 0.1) is 6.20 Å². The number of fused-ring (bicyclic) bond motifs is 2. The second-order valence-corrected chi connectivity index (χ2v) is 6.24. The van der Waals surface area contributed by atoms with Gasteiger partial charge in [0.15, 0.2) is 0 Å². The van der Waals surface area contributed by atoms with Crippen molar-refractivity contribution in [3.63, 3.8) is 0 Å². The predicted molar refractivity (Wildman–Crippen MR) is 94.9 cm³/mol. The Hall–Kier alpha value is -3.41. The molecule has 0 spiro atoms. The summed E-state index contributed by atoms with van der Waals surface area (Å²) in [4.78, 5) is 19.5. The summed E-state index contributed by atoms with van der Waals surface area (Å²) >= 11 is 0. The molecule has 0 radical (unpaired) electrons. The number of aromatic nitrogens is 4. The monoisotopic (exact) mass is 329 g/mol. The van der Waals surface area contributed by atoms with Crippen LogP contribution >= 0.6 is 0 Å². The van der Waals surface area contributed by atoms with Crippen molar-refractivity contribution in [2.24, 2.45) is 7.05 Å². The molecule has 122 valence electrons. The average molecular weight is 329 g/mol. The van der Waals surface area contributed by atoms with Gasteiger partial charge in [0.1, 0.15) is 5.65 Å². The first-order valence-electron chi connectivity index (χ1n) is 8.07. The second kappa shape index (κ2) is 5.04. The molecule has 3 aromatic heterocycles. The van der Waals surface area contributed by atoms with Crippen LogP contribution in [0.15, 0.2) is 49.1 Å². The molecular weight excluding hydrogens is 314 g/mol. The Bertz CT molecular complexity index is 1140. The number of nitrogens with zero attached hydrogens (tertiary/aromatic N) is 3. The minimum absolute atomic E-state index is 0.00167. The van der Waals surface area contributed by atoms with Crippen LogP contribution in [0, 0.1) is 0 Å². The molecule has 0 bridgehead atoms. The number of H-pyrrole nitrogens is 1. The lowest BCUT2D eigenvalue weighted by molar-refractivity contribution is 0.0966. The Labute approximate surface area is 143 Å². The summed E-state index contributed by atoms with van der Waals surface area (Å²) in [5, 5.41) is 8.21. The number of pyridine rings is 1. The van der Waals surface area contributed by atoms with Crippen LogP contribution in [0.2, 0.25) is 0 Å². The molecular formula is C19H15N5O. The number of rotatable bonds is 2. The quantitative estimate of drug-likeness (QED) is 0.594. The number of hydrogen-bond acceptors (Lipinski definition) is 3. The number of amides is 1. The highest BCUT2D eigenvalue weighted by molar-refractivity contribution is 6.05. The third-order valence-electron chi connectivity index (χ3n) is 4.69. The minimum Gasteiger partial charge on any atom is -0.348 e. The zero-order valence-electron chi connectivity index (χ0n) is 13.6. The van der Waals surface area contributed by atoms with E-state index in [0.29, 0.717) is 6.54 Å². The summed E-state index contributed by atoms with van der Waals surface area (Å²) < 4.78 is 1.79. The van der Waals surface area contributed by atoms with Gasteiger partial charge in [-0.15, -0.1) is 0 Å². The highest BCUT2D eigenvalue weighted by atomic mass is 16.1. The number of nitrogens with one attached hydrogen (secondary N) is 2. The third-order valence-corrected chi connectivity index (χ3v) is 4.69. The number of carbonyl (C=O) groups excluding carboxylic acids is 1. The molecule has 6 nitrogen and oxygen atoms in total. The van der Waals surface area contributed by atoms with Crippen molar-refractivity contribution in [2.45, 2.75) is 6.54 Å². The number of aromatic amines is 1. The van der Waals surface area contributed by atoms with Crippen LogP contribution in [0.4, 0.5) is 0 Å². The van der Waals surface area contributed by atoms with Gasteiger partial charge >= 0.3 is 0 Å². The summed E-state index contributed by atoms with van der Waals surface area (Å²) in [5.41, 5.74) is 6.91. The summed E-state index contributed by atoms with van der Waals surface area (Å²) in [6.07, 6.45) is 7.63. The first-order valence-corrected chi connectivity index (χ1v) is 8.07. The van der Waals surface area contributed by atoms with Gasteiger partial charge in [-0.2, -0.15) is 5.10 Å². The Balaban J connectivity index is 1.74. The maximum absolute atomic E-state index is 11.8. The van der Waals surface area contributed by atoms with E-state index in [2.05, 4.69) is 26.4 Å². The van der Waals surface area contributed by atoms with E-state index in [1.807, 2.05) is 43.8 Å². The average Bonchev–Trinajstić information content (AvgIpc) is 3.33. The number of carbonyl (C=O) groups is 1. The Morgan fingerprint density at radius 3 is 2.88 bits per heavy atom. The molecule has 1 aliphatic heterocycles. The fourth-order valence-electron chi connectivity index (χ4n) is 3.48. The van der Waals surface area contributed by atoms with Gasteiger partial charge in [-0.05, 0) is 34.9 Å². The summed E-state index contributed by atoms with van der Waals surface area (Å²) in [6, 6.07) is 7.98. The molecule has 2 N–H and O–H groups in total. The number of hydrogen-bond donors (Lipinski definition) is 2. The highest BCUT2D eigenvalue weighted by Crippen LogP contribution is 2.36. The Morgan fingerprint density at radius 1 is 1.12 bits per heavy atom. The standard InChI is InChI=1S/C19H15N5O/c1-24-10-13(8-23-24)14-4-5-20-18-17(14)16(9-21-18)11-2-3-15-12(6-11)7-22-19(15)25/h2-6,8-10H,7H2,1H3,(H,20,21)(H,22,25). The second-order valence-electron chi connectivity index (χ2n) is 6.24. The molecule has 5 rings (SSSR count). The van der Waals surface area contributed by atoms with Gasteiger partial charge in [0.25, 0.3) is 5.91 Å². The fraction of sp³-hybridized carbons (Fsp3) is 0.105. The van der Waals surface area contributed by atoms with Crippen molar-refractivity contribution in [1.29, 1.82) is 0 Å². The minimum atomic E-state index is -0.00167. The van der Waals surface area contributed by atoms with Crippen LogP contribution in [0.1, 0.15) is 15.9 Å². The van der Waals surface area contributed by atoms with E-state index < -0.39 is 0 Å². The zero-order valence-corrected chi connectivity index (χ0v) is 13.6. The molecule has 4 heterocycles. The smallest absolute Gasteiger partial charge is 0.251 e. The number of benzene rings is 1. The van der Waals surface area contributed by atoms with Crippen LogP contribution in [-0.4, -0.2) is 25.7 Å². The van der Waals surface area contributed by atoms with Gasteiger partial charge in [-0.3, -0.25) is 9.48 Å². The molecule has 0 fully saturated rings. The van der Waals surface area contributed by atoms with E-state index in [4.69, 9.17) is 0 Å². The molecule has 25 heavy (non-hydrogen) atoms. The molecule has 6 heteroatoms. The van der Waals surface area contributed by atoms with Gasteiger partial charge in [0, 0.05) is 54.3 Å². The van der Waals surface area contributed by atoms with E-state index in [1.165, 1.54) is 0 Å². The molecule has 0 atom stereocenters. The molecule has 4 aromatic rings. The lowest BCUT2D eigenvalue weighted by Crippen LogP contribution is -2.12. The summed E-state index contributed by atoms with van der Waals surface area (Å²) in [5.74, 6) is -0.00167. The predicted octanol–water partition coefficient (Wildman–Crippen LogP) is 2.87. The van der Waals surface area contributed by atoms with Gasteiger partial charge in [-0.1, -0.05) is 6.07 Å². The van der Waals surface area contributed by atoms with Crippen LogP contribution in [-0.2, 0) is 13.6 Å². The SMILES string of the molecule is Cn1cc(-c2ccnc3[nH]cc(-c4ccc5c(c4)CNC5=O)c23)cn1. The Kier molecular flexibility index (Phi) is 2.82. The first kappa shape index (κ1) is 14.0. The fourth-order valence-corrected chi connectivity index (χ4v) is 3.48. The largest absolute Gasteiger partial charge is 0.348 e. The third kappa shape index (κ3) is 2.07. The molecule has 1 aliphatic rings. The van der Waals surface area contributed by atoms with Crippen molar-refractivity contribution >= 4 is 16.9 Å². The summed E-state index contributed by atoms with van der Waals surface area (Å²) in [6.45, 7) is 0.581. The van der Waals surface area contributed by atoms with Crippen LogP contribution in [0.5, 0.6) is 0 Å². The Morgan fingerprint density at radius 2 is 2.04 bits per heavy atom. The van der Waals surface area contributed by atoms with E-state index >= 15 is 0 Å². The van der Waals surface area contributed by atoms with Crippen molar-refractivity contribution < 1.29 is 4.79 Å². The topological polar surface area (TPSA) is 75.6 Å². The zero-order chi connectivity index (χ0) is 17.0. The van der Waals surface area contributed by atoms with E-state index in [9.17, 15) is 4.79 Å². The lowest BCUT2D eigenvalue weighted by Gasteiger charge is -2.06. The maximum atomic E-state index is 11.8. The van der Waals surface area contributed by atoms with E-state index in [0.717, 1.165) is 44.4 Å². The van der Waals surface area contributed by atoms with Crippen molar-refractivity contribution in [1.82, 2.24) is 25.1 Å². The van der Waals surface area contributed by atoms with Gasteiger partial charge < -0.3 is 10.3 Å². The van der Waals surface area contributed by atoms with Crippen LogP contribution in [0.25, 0.3) is 33.3 Å².